The van der Waals surface area contributed by atoms with E-state index in [2.05, 4.69) is 15.5 Å². The quantitative estimate of drug-likeness (QED) is 0.547. The van der Waals surface area contributed by atoms with Gasteiger partial charge in [0.2, 0.25) is 21.1 Å². The molecular weight excluding hydrogens is 443 g/mol. The molecule has 0 fully saturated rings. The highest BCUT2D eigenvalue weighted by molar-refractivity contribution is 7.92. The highest BCUT2D eigenvalue weighted by Crippen LogP contribution is 2.29. The van der Waals surface area contributed by atoms with E-state index in [0.717, 1.165) is 33.5 Å². The highest BCUT2D eigenvalue weighted by atomic mass is 32.2. The van der Waals surface area contributed by atoms with E-state index in [4.69, 9.17) is 4.74 Å². The molecule has 11 heteroatoms. The molecule has 1 N–H and O–H groups in total. The number of benzene rings is 2. The molecule has 31 heavy (non-hydrogen) atoms. The molecule has 8 nitrogen and oxygen atoms in total. The number of hydrogen-bond acceptors (Lipinski definition) is 7. The van der Waals surface area contributed by atoms with Crippen LogP contribution < -0.4 is 14.4 Å². The molecule has 0 spiro atoms. The van der Waals surface area contributed by atoms with E-state index >= 15 is 0 Å². The van der Waals surface area contributed by atoms with Gasteiger partial charge in [-0.15, -0.1) is 10.2 Å². The Morgan fingerprint density at radius 2 is 1.87 bits per heavy atom. The second-order valence-electron chi connectivity index (χ2n) is 6.56. The summed E-state index contributed by atoms with van der Waals surface area (Å²) >= 11 is 1.14. The number of sulfonamides is 1. The van der Waals surface area contributed by atoms with Gasteiger partial charge in [-0.05, 0) is 42.8 Å². The van der Waals surface area contributed by atoms with Crippen LogP contribution in [0.25, 0.3) is 10.6 Å². The number of methoxy groups -OCH3 is 1. The molecule has 1 amide bonds. The molecule has 0 bridgehead atoms. The number of carbonyl (C=O) groups is 1. The first-order valence-corrected chi connectivity index (χ1v) is 11.9. The zero-order chi connectivity index (χ0) is 22.6. The third-order valence-corrected chi connectivity index (χ3v) is 6.47. The van der Waals surface area contributed by atoms with Crippen molar-refractivity contribution in [1.29, 1.82) is 0 Å². The van der Waals surface area contributed by atoms with E-state index in [1.54, 1.807) is 26.2 Å². The van der Waals surface area contributed by atoms with Crippen LogP contribution in [0.2, 0.25) is 0 Å². The van der Waals surface area contributed by atoms with Crippen molar-refractivity contribution >= 4 is 38.1 Å². The van der Waals surface area contributed by atoms with Gasteiger partial charge in [-0.1, -0.05) is 30.4 Å². The van der Waals surface area contributed by atoms with Crippen LogP contribution in [0.1, 0.15) is 13.3 Å². The summed E-state index contributed by atoms with van der Waals surface area (Å²) in [6.45, 7) is 1.64. The first-order valence-electron chi connectivity index (χ1n) is 9.27. The number of nitrogens with zero attached hydrogens (tertiary/aromatic N) is 3. The molecule has 0 aliphatic heterocycles. The molecular formula is C20H21FN4O4S2. The minimum absolute atomic E-state index is 0.122. The van der Waals surface area contributed by atoms with Gasteiger partial charge in [-0.2, -0.15) is 0 Å². The Morgan fingerprint density at radius 1 is 1.19 bits per heavy atom. The van der Waals surface area contributed by atoms with E-state index < -0.39 is 27.8 Å². The monoisotopic (exact) mass is 464 g/mol. The Labute approximate surface area is 183 Å². The van der Waals surface area contributed by atoms with Crippen molar-refractivity contribution < 1.29 is 22.3 Å². The lowest BCUT2D eigenvalue weighted by atomic mass is 10.2. The molecule has 1 unspecified atom stereocenters. The van der Waals surface area contributed by atoms with E-state index in [9.17, 15) is 17.6 Å². The number of carbonyl (C=O) groups excluding carboxylic acids is 1. The number of rotatable bonds is 8. The summed E-state index contributed by atoms with van der Waals surface area (Å²) in [5.74, 6) is -0.674. The molecule has 164 valence electrons. The van der Waals surface area contributed by atoms with Crippen molar-refractivity contribution in [3.05, 3.63) is 54.3 Å². The van der Waals surface area contributed by atoms with Crippen LogP contribution in [0.4, 0.5) is 15.2 Å². The third kappa shape index (κ3) is 5.17. The molecule has 1 atom stereocenters. The third-order valence-electron chi connectivity index (χ3n) is 4.41. The lowest BCUT2D eigenvalue weighted by Gasteiger charge is -2.29. The molecule has 3 rings (SSSR count). The summed E-state index contributed by atoms with van der Waals surface area (Å²) < 4.78 is 45.1. The van der Waals surface area contributed by atoms with Crippen molar-refractivity contribution in [2.75, 3.05) is 23.0 Å². The van der Waals surface area contributed by atoms with Gasteiger partial charge in [-0.3, -0.25) is 14.4 Å². The standard InChI is InChI=1S/C20H21FN4O4S2/c1-4-16(25(31(3,27)28)17-8-6-5-7-15(17)21)18(26)22-20-24-23-19(30-20)13-9-11-14(29-2)12-10-13/h5-12,16H,4H2,1-3H3,(H,22,24,26). The van der Waals surface area contributed by atoms with Gasteiger partial charge in [0.1, 0.15) is 22.6 Å². The molecule has 0 saturated carbocycles. The molecule has 2 aromatic carbocycles. The minimum atomic E-state index is -3.95. The number of anilines is 2. The fourth-order valence-corrected chi connectivity index (χ4v) is 4.94. The van der Waals surface area contributed by atoms with Crippen LogP contribution in [0.5, 0.6) is 5.75 Å². The van der Waals surface area contributed by atoms with Crippen LogP contribution in [0, 0.1) is 5.82 Å². The first kappa shape index (κ1) is 22.6. The molecule has 0 saturated heterocycles. The Balaban J connectivity index is 1.85. The van der Waals surface area contributed by atoms with Crippen LogP contribution >= 0.6 is 11.3 Å². The van der Waals surface area contributed by atoms with Crippen molar-refractivity contribution in [2.24, 2.45) is 0 Å². The van der Waals surface area contributed by atoms with Gasteiger partial charge in [-0.25, -0.2) is 12.8 Å². The molecule has 0 aliphatic rings. The Kier molecular flexibility index (Phi) is 6.86. The Hall–Kier alpha value is -3.05. The number of para-hydroxylation sites is 1. The maximum Gasteiger partial charge on any atom is 0.250 e. The predicted octanol–water partition coefficient (Wildman–Crippen LogP) is 3.54. The number of aromatic nitrogens is 2. The summed E-state index contributed by atoms with van der Waals surface area (Å²) in [4.78, 5) is 12.9. The summed E-state index contributed by atoms with van der Waals surface area (Å²) in [7, 11) is -2.38. The van der Waals surface area contributed by atoms with E-state index in [0.29, 0.717) is 10.8 Å². The number of ether oxygens (including phenoxy) is 1. The second kappa shape index (κ2) is 9.40. The van der Waals surface area contributed by atoms with Gasteiger partial charge in [0.25, 0.3) is 0 Å². The van der Waals surface area contributed by atoms with Crippen molar-refractivity contribution in [2.45, 2.75) is 19.4 Å². The maximum absolute atomic E-state index is 14.3. The zero-order valence-electron chi connectivity index (χ0n) is 17.1. The van der Waals surface area contributed by atoms with Crippen molar-refractivity contribution in [1.82, 2.24) is 10.2 Å². The fraction of sp³-hybridized carbons (Fsp3) is 0.250. The van der Waals surface area contributed by atoms with Gasteiger partial charge in [0.15, 0.2) is 0 Å². The van der Waals surface area contributed by atoms with E-state index in [1.807, 2.05) is 12.1 Å². The number of halogens is 1. The van der Waals surface area contributed by atoms with Crippen LogP contribution in [0.3, 0.4) is 0 Å². The van der Waals surface area contributed by atoms with Gasteiger partial charge >= 0.3 is 0 Å². The average molecular weight is 465 g/mol. The summed E-state index contributed by atoms with van der Waals surface area (Å²) in [6, 6.07) is 11.4. The molecule has 3 aromatic rings. The SMILES string of the molecule is CCC(C(=O)Nc1nnc(-c2ccc(OC)cc2)s1)N(c1ccccc1F)S(C)(=O)=O. The Morgan fingerprint density at radius 3 is 2.45 bits per heavy atom. The summed E-state index contributed by atoms with van der Waals surface area (Å²) in [6.07, 6.45) is 1.06. The first-order chi connectivity index (χ1) is 14.7. The van der Waals surface area contributed by atoms with Crippen molar-refractivity contribution in [3.63, 3.8) is 0 Å². The normalized spacial score (nSPS) is 12.3. The fourth-order valence-electron chi connectivity index (χ4n) is 2.98. The van der Waals surface area contributed by atoms with E-state index in [1.165, 1.54) is 18.2 Å². The van der Waals surface area contributed by atoms with Crippen LogP contribution in [-0.4, -0.2) is 43.9 Å². The summed E-state index contributed by atoms with van der Waals surface area (Å²) in [5.41, 5.74) is 0.596. The van der Waals surface area contributed by atoms with Crippen LogP contribution in [-0.2, 0) is 14.8 Å². The van der Waals surface area contributed by atoms with E-state index in [-0.39, 0.29) is 17.2 Å². The second-order valence-corrected chi connectivity index (χ2v) is 9.40. The smallest absolute Gasteiger partial charge is 0.250 e. The van der Waals surface area contributed by atoms with Crippen LogP contribution in [0.15, 0.2) is 48.5 Å². The lowest BCUT2D eigenvalue weighted by Crippen LogP contribution is -2.47. The highest BCUT2D eigenvalue weighted by Gasteiger charge is 2.33. The lowest BCUT2D eigenvalue weighted by molar-refractivity contribution is -0.117. The van der Waals surface area contributed by atoms with Gasteiger partial charge in [0, 0.05) is 5.56 Å². The average Bonchev–Trinajstić information content (AvgIpc) is 3.20. The number of amides is 1. The minimum Gasteiger partial charge on any atom is -0.497 e. The molecule has 1 aromatic heterocycles. The number of nitrogens with one attached hydrogen (secondary N) is 1. The molecule has 0 radical (unpaired) electrons. The Bertz CT molecular complexity index is 1170. The predicted molar refractivity (Wildman–Crippen MR) is 118 cm³/mol. The van der Waals surface area contributed by atoms with Gasteiger partial charge in [0.05, 0.1) is 19.1 Å². The topological polar surface area (TPSA) is 101 Å². The molecule has 1 heterocycles. The molecule has 0 aliphatic carbocycles. The number of hydrogen-bond donors (Lipinski definition) is 1. The zero-order valence-corrected chi connectivity index (χ0v) is 18.7. The largest absolute Gasteiger partial charge is 0.497 e. The van der Waals surface area contributed by atoms with Crippen molar-refractivity contribution in [3.8, 4) is 16.3 Å². The van der Waals surface area contributed by atoms with Gasteiger partial charge < -0.3 is 4.74 Å². The summed E-state index contributed by atoms with van der Waals surface area (Å²) in [5, 5.41) is 11.4. The maximum atomic E-state index is 14.3.